The lowest BCUT2D eigenvalue weighted by atomic mass is 10.0. The van der Waals surface area contributed by atoms with Crippen LogP contribution in [-0.2, 0) is 6.61 Å². The number of nitrogens with zero attached hydrogens (tertiary/aromatic N) is 2. The van der Waals surface area contributed by atoms with Crippen molar-refractivity contribution in [3.63, 3.8) is 0 Å². The Morgan fingerprint density at radius 3 is 2.69 bits per heavy atom. The summed E-state index contributed by atoms with van der Waals surface area (Å²) in [7, 11) is 0. The fourth-order valence-electron chi connectivity index (χ4n) is 2.90. The molecule has 0 unspecified atom stereocenters. The fourth-order valence-corrected chi connectivity index (χ4v) is 2.90. The average molecular weight is 384 g/mol. The number of carbonyl (C=O) groups is 1. The Bertz CT molecular complexity index is 1170. The van der Waals surface area contributed by atoms with E-state index in [2.05, 4.69) is 16.0 Å². The maximum Gasteiger partial charge on any atom is 0.233 e. The number of nitriles is 1. The molecule has 29 heavy (non-hydrogen) atoms. The van der Waals surface area contributed by atoms with Crippen molar-refractivity contribution in [2.45, 2.75) is 6.61 Å². The summed E-state index contributed by atoms with van der Waals surface area (Å²) >= 11 is 0. The van der Waals surface area contributed by atoms with E-state index in [1.807, 2.05) is 12.1 Å². The van der Waals surface area contributed by atoms with Crippen molar-refractivity contribution in [1.29, 1.82) is 5.26 Å². The van der Waals surface area contributed by atoms with Gasteiger partial charge in [0.1, 0.15) is 18.2 Å². The zero-order valence-electron chi connectivity index (χ0n) is 15.1. The summed E-state index contributed by atoms with van der Waals surface area (Å²) < 4.78 is 11.0. The molecule has 0 fully saturated rings. The minimum absolute atomic E-state index is 0.0839. The van der Waals surface area contributed by atoms with Crippen LogP contribution in [0.3, 0.4) is 0 Å². The van der Waals surface area contributed by atoms with Gasteiger partial charge in [-0.25, -0.2) is 4.98 Å². The highest BCUT2D eigenvalue weighted by atomic mass is 16.5. The smallest absolute Gasteiger partial charge is 0.233 e. The van der Waals surface area contributed by atoms with E-state index in [0.717, 1.165) is 16.8 Å². The number of ether oxygens (including phenoxy) is 1. The molecule has 0 radical (unpaired) electrons. The molecule has 0 aliphatic carbocycles. The normalized spacial score (nSPS) is 10.4. The molecule has 1 aromatic carbocycles. The van der Waals surface area contributed by atoms with Crippen molar-refractivity contribution in [2.24, 2.45) is 0 Å². The maximum atomic E-state index is 10.9. The third kappa shape index (κ3) is 3.73. The monoisotopic (exact) mass is 384 g/mol. The Labute approximate surface area is 165 Å². The number of carboxylic acids is 1. The van der Waals surface area contributed by atoms with Gasteiger partial charge in [0.2, 0.25) is 5.88 Å². The van der Waals surface area contributed by atoms with Gasteiger partial charge in [-0.2, -0.15) is 5.26 Å². The molecule has 0 spiro atoms. The van der Waals surface area contributed by atoms with Gasteiger partial charge in [-0.3, -0.25) is 0 Å². The first-order valence-electron chi connectivity index (χ1n) is 8.70. The Kier molecular flexibility index (Phi) is 4.82. The number of carboxylic acid groups (broad SMARTS) is 1. The van der Waals surface area contributed by atoms with E-state index >= 15 is 0 Å². The summed E-state index contributed by atoms with van der Waals surface area (Å²) in [6, 6.07) is 15.6. The fraction of sp³-hybridized carbons (Fsp3) is 0.0455. The number of hydrogen-bond donors (Lipinski definition) is 1. The van der Waals surface area contributed by atoms with Crippen molar-refractivity contribution in [1.82, 2.24) is 9.97 Å². The summed E-state index contributed by atoms with van der Waals surface area (Å²) in [5.74, 6) is -1.06. The average Bonchev–Trinajstić information content (AvgIpc) is 3.46. The molecule has 7 nitrogen and oxygen atoms in total. The van der Waals surface area contributed by atoms with Crippen molar-refractivity contribution >= 4 is 5.97 Å². The summed E-state index contributed by atoms with van der Waals surface area (Å²) in [6.45, 7) is 0.119. The predicted octanol–water partition coefficient (Wildman–Crippen LogP) is 3.15. The van der Waals surface area contributed by atoms with Crippen LogP contribution in [0.4, 0.5) is 0 Å². The molecule has 3 heterocycles. The van der Waals surface area contributed by atoms with Gasteiger partial charge in [-0.05, 0) is 35.4 Å². The second-order valence-corrected chi connectivity index (χ2v) is 6.22. The van der Waals surface area contributed by atoms with E-state index in [1.54, 1.807) is 36.7 Å². The van der Waals surface area contributed by atoms with Gasteiger partial charge >= 0.3 is 0 Å². The Hall–Kier alpha value is -4.31. The molecule has 0 amide bonds. The molecule has 0 saturated heterocycles. The third-order valence-electron chi connectivity index (χ3n) is 4.37. The van der Waals surface area contributed by atoms with Crippen LogP contribution in [0.1, 0.15) is 21.5 Å². The van der Waals surface area contributed by atoms with E-state index in [9.17, 15) is 15.2 Å². The quantitative estimate of drug-likeness (QED) is 0.546. The first-order valence-corrected chi connectivity index (χ1v) is 8.70. The molecular weight excluding hydrogens is 370 g/mol. The largest absolute Gasteiger partial charge is 0.545 e. The summed E-state index contributed by atoms with van der Waals surface area (Å²) in [5, 5.41) is 20.6. The van der Waals surface area contributed by atoms with E-state index in [4.69, 9.17) is 9.15 Å². The number of aromatic nitrogens is 2. The molecule has 0 aliphatic heterocycles. The molecule has 142 valence electrons. The maximum absolute atomic E-state index is 10.9. The van der Waals surface area contributed by atoms with Gasteiger partial charge in [-0.15, -0.1) is 0 Å². The number of nitrogens with one attached hydrogen (secondary N) is 1. The van der Waals surface area contributed by atoms with Crippen LogP contribution >= 0.6 is 0 Å². The van der Waals surface area contributed by atoms with Crippen LogP contribution in [0.15, 0.2) is 71.7 Å². The number of benzene rings is 1. The van der Waals surface area contributed by atoms with Crippen LogP contribution in [0.25, 0.3) is 22.5 Å². The Balaban J connectivity index is 1.71. The first kappa shape index (κ1) is 18.1. The van der Waals surface area contributed by atoms with Gasteiger partial charge in [0, 0.05) is 17.3 Å². The standard InChI is InChI=1S/C22H15N3O4/c23-11-18-17(16-7-9-28-13-16)10-20(19-2-1-8-24-19)25-21(18)29-12-14-3-5-15(6-4-14)22(26)27/h1-10,13,24H,12H2,(H,26,27)/p-1. The number of H-pyrrole nitrogens is 1. The highest BCUT2D eigenvalue weighted by Gasteiger charge is 2.17. The predicted molar refractivity (Wildman–Crippen MR) is 102 cm³/mol. The van der Waals surface area contributed by atoms with Crippen LogP contribution in [0.5, 0.6) is 5.88 Å². The van der Waals surface area contributed by atoms with E-state index in [0.29, 0.717) is 11.3 Å². The van der Waals surface area contributed by atoms with Gasteiger partial charge < -0.3 is 24.0 Å². The minimum atomic E-state index is -1.24. The molecular formula is C22H14N3O4-. The number of aromatic carboxylic acids is 1. The summed E-state index contributed by atoms with van der Waals surface area (Å²) in [4.78, 5) is 18.5. The molecule has 4 rings (SSSR count). The SMILES string of the molecule is N#Cc1c(-c2ccoc2)cc(-c2ccc[nH]2)nc1OCc1ccc(C(=O)[O-])cc1. The van der Waals surface area contributed by atoms with Gasteiger partial charge in [0.05, 0.1) is 29.9 Å². The van der Waals surface area contributed by atoms with Gasteiger partial charge in [0.25, 0.3) is 0 Å². The second kappa shape index (κ2) is 7.74. The van der Waals surface area contributed by atoms with Crippen molar-refractivity contribution < 1.29 is 19.1 Å². The topological polar surface area (TPSA) is 115 Å². The minimum Gasteiger partial charge on any atom is -0.545 e. The molecule has 3 aromatic heterocycles. The molecule has 0 aliphatic rings. The van der Waals surface area contributed by atoms with Crippen molar-refractivity contribution in [3.8, 4) is 34.5 Å². The molecule has 0 bridgehead atoms. The zero-order chi connectivity index (χ0) is 20.2. The zero-order valence-corrected chi connectivity index (χ0v) is 15.1. The molecule has 4 aromatic rings. The number of rotatable bonds is 6. The van der Waals surface area contributed by atoms with Crippen molar-refractivity contribution in [2.75, 3.05) is 0 Å². The highest BCUT2D eigenvalue weighted by molar-refractivity contribution is 5.85. The highest BCUT2D eigenvalue weighted by Crippen LogP contribution is 2.33. The van der Waals surface area contributed by atoms with Crippen LogP contribution in [-0.4, -0.2) is 15.9 Å². The lowest BCUT2D eigenvalue weighted by molar-refractivity contribution is -0.255. The number of pyridine rings is 1. The van der Waals surface area contributed by atoms with Gasteiger partial charge in [-0.1, -0.05) is 24.3 Å². The van der Waals surface area contributed by atoms with Crippen molar-refractivity contribution in [3.05, 3.63) is 83.9 Å². The summed E-state index contributed by atoms with van der Waals surface area (Å²) in [6.07, 6.45) is 4.87. The van der Waals surface area contributed by atoms with Crippen LogP contribution in [0.2, 0.25) is 0 Å². The molecule has 1 N–H and O–H groups in total. The van der Waals surface area contributed by atoms with Crippen LogP contribution in [0, 0.1) is 11.3 Å². The number of carbonyl (C=O) groups excluding carboxylic acids is 1. The second-order valence-electron chi connectivity index (χ2n) is 6.22. The van der Waals surface area contributed by atoms with E-state index in [-0.39, 0.29) is 23.6 Å². The first-order chi connectivity index (χ1) is 14.2. The number of aromatic amines is 1. The lowest BCUT2D eigenvalue weighted by Crippen LogP contribution is -2.22. The van der Waals surface area contributed by atoms with Gasteiger partial charge in [0.15, 0.2) is 0 Å². The van der Waals surface area contributed by atoms with Crippen LogP contribution < -0.4 is 9.84 Å². The van der Waals surface area contributed by atoms with E-state index < -0.39 is 5.97 Å². The molecule has 0 saturated carbocycles. The number of hydrogen-bond acceptors (Lipinski definition) is 6. The molecule has 7 heteroatoms. The van der Waals surface area contributed by atoms with E-state index in [1.165, 1.54) is 18.4 Å². The molecule has 0 atom stereocenters. The lowest BCUT2D eigenvalue weighted by Gasteiger charge is -2.12. The summed E-state index contributed by atoms with van der Waals surface area (Å²) in [5.41, 5.74) is 3.88. The Morgan fingerprint density at radius 2 is 2.07 bits per heavy atom. The number of furan rings is 1. The third-order valence-corrected chi connectivity index (χ3v) is 4.37. The Morgan fingerprint density at radius 1 is 1.24 bits per heavy atom.